The molecule has 3 aromatic carbocycles. The fourth-order valence-corrected chi connectivity index (χ4v) is 3.91. The van der Waals surface area contributed by atoms with E-state index in [1.807, 2.05) is 62.4 Å². The van der Waals surface area contributed by atoms with Crippen molar-refractivity contribution < 1.29 is 4.79 Å². The van der Waals surface area contributed by atoms with Crippen molar-refractivity contribution in [3.05, 3.63) is 100 Å². The number of carbonyl (C=O) groups is 1. The topological polar surface area (TPSA) is 42.0 Å². The molecule has 1 aromatic heterocycles. The molecule has 0 saturated heterocycles. The molecule has 0 fully saturated rings. The Hall–Kier alpha value is -3.17. The van der Waals surface area contributed by atoms with Gasteiger partial charge in [0.25, 0.3) is 5.91 Å². The maximum Gasteiger partial charge on any atom is 0.252 e. The molecular formula is C26H23ClN2O. The van der Waals surface area contributed by atoms with Crippen LogP contribution in [-0.4, -0.2) is 10.9 Å². The fourth-order valence-electron chi connectivity index (χ4n) is 3.72. The molecule has 1 atom stereocenters. The summed E-state index contributed by atoms with van der Waals surface area (Å²) in [6.45, 7) is 6.00. The van der Waals surface area contributed by atoms with Crippen molar-refractivity contribution in [2.24, 2.45) is 0 Å². The molecule has 0 aliphatic rings. The number of nitrogens with zero attached hydrogens (tertiary/aromatic N) is 1. The van der Waals surface area contributed by atoms with E-state index in [2.05, 4.69) is 36.5 Å². The molecule has 4 aromatic rings. The van der Waals surface area contributed by atoms with Gasteiger partial charge in [-0.3, -0.25) is 4.79 Å². The molecule has 0 bridgehead atoms. The third-order valence-corrected chi connectivity index (χ3v) is 5.62. The van der Waals surface area contributed by atoms with E-state index in [0.29, 0.717) is 10.6 Å². The number of aromatic nitrogens is 1. The van der Waals surface area contributed by atoms with Gasteiger partial charge in [0, 0.05) is 16.0 Å². The molecule has 0 unspecified atom stereocenters. The molecular weight excluding hydrogens is 392 g/mol. The van der Waals surface area contributed by atoms with Crippen LogP contribution in [-0.2, 0) is 0 Å². The normalized spacial score (nSPS) is 12.0. The van der Waals surface area contributed by atoms with Crippen molar-refractivity contribution in [1.82, 2.24) is 10.3 Å². The maximum absolute atomic E-state index is 13.4. The average molecular weight is 415 g/mol. The van der Waals surface area contributed by atoms with Crippen LogP contribution in [0.3, 0.4) is 0 Å². The van der Waals surface area contributed by atoms with Gasteiger partial charge in [0.2, 0.25) is 0 Å². The number of fused-ring (bicyclic) bond motifs is 1. The maximum atomic E-state index is 13.4. The van der Waals surface area contributed by atoms with Gasteiger partial charge in [-0.25, -0.2) is 4.98 Å². The summed E-state index contributed by atoms with van der Waals surface area (Å²) in [5.41, 5.74) is 6.19. The second-order valence-corrected chi connectivity index (χ2v) is 8.03. The third-order valence-electron chi connectivity index (χ3n) is 5.39. The zero-order valence-corrected chi connectivity index (χ0v) is 18.0. The van der Waals surface area contributed by atoms with Crippen molar-refractivity contribution in [1.29, 1.82) is 0 Å². The molecule has 0 aliphatic heterocycles. The summed E-state index contributed by atoms with van der Waals surface area (Å²) >= 11 is 6.21. The van der Waals surface area contributed by atoms with Crippen LogP contribution in [0.2, 0.25) is 5.02 Å². The number of halogens is 1. The van der Waals surface area contributed by atoms with Gasteiger partial charge < -0.3 is 5.32 Å². The number of hydrogen-bond donors (Lipinski definition) is 1. The molecule has 4 heteroatoms. The van der Waals surface area contributed by atoms with Crippen LogP contribution in [0.25, 0.3) is 22.2 Å². The third kappa shape index (κ3) is 3.94. The van der Waals surface area contributed by atoms with E-state index in [9.17, 15) is 4.79 Å². The van der Waals surface area contributed by atoms with Crippen molar-refractivity contribution in [3.63, 3.8) is 0 Å². The van der Waals surface area contributed by atoms with Crippen LogP contribution in [0.4, 0.5) is 0 Å². The van der Waals surface area contributed by atoms with Gasteiger partial charge in [0.1, 0.15) is 0 Å². The smallest absolute Gasteiger partial charge is 0.252 e. The number of aryl methyl sites for hydroxylation is 1. The Kier molecular flexibility index (Phi) is 5.56. The van der Waals surface area contributed by atoms with E-state index >= 15 is 0 Å². The lowest BCUT2D eigenvalue weighted by molar-refractivity contribution is 0.0941. The van der Waals surface area contributed by atoms with Crippen LogP contribution in [0.1, 0.15) is 40.0 Å². The minimum Gasteiger partial charge on any atom is -0.345 e. The van der Waals surface area contributed by atoms with Crippen molar-refractivity contribution in [2.45, 2.75) is 26.8 Å². The molecule has 0 spiro atoms. The minimum atomic E-state index is -0.112. The quantitative estimate of drug-likeness (QED) is 0.405. The Labute approximate surface area is 181 Å². The lowest BCUT2D eigenvalue weighted by atomic mass is 9.96. The summed E-state index contributed by atoms with van der Waals surface area (Å²) in [4.78, 5) is 18.3. The van der Waals surface area contributed by atoms with Gasteiger partial charge in [0.15, 0.2) is 0 Å². The second-order valence-electron chi connectivity index (χ2n) is 7.59. The Morgan fingerprint density at radius 1 is 0.967 bits per heavy atom. The van der Waals surface area contributed by atoms with E-state index in [4.69, 9.17) is 16.6 Å². The van der Waals surface area contributed by atoms with E-state index in [1.54, 1.807) is 0 Å². The highest BCUT2D eigenvalue weighted by molar-refractivity contribution is 6.30. The molecule has 1 amide bonds. The first-order valence-corrected chi connectivity index (χ1v) is 10.3. The van der Waals surface area contributed by atoms with Gasteiger partial charge >= 0.3 is 0 Å². The summed E-state index contributed by atoms with van der Waals surface area (Å²) < 4.78 is 0. The van der Waals surface area contributed by atoms with Gasteiger partial charge in [-0.05, 0) is 50.1 Å². The first-order valence-electron chi connectivity index (χ1n) is 9.97. The zero-order valence-electron chi connectivity index (χ0n) is 17.2. The Morgan fingerprint density at radius 2 is 1.70 bits per heavy atom. The first-order chi connectivity index (χ1) is 14.4. The van der Waals surface area contributed by atoms with Crippen LogP contribution in [0, 0.1) is 13.8 Å². The SMILES string of the molecule is Cc1ccc([C@@H](C)NC(=O)c2c(C)c(-c3cccc(Cl)c3)nc3ccccc23)cc1. The van der Waals surface area contributed by atoms with Crippen molar-refractivity contribution in [2.75, 3.05) is 0 Å². The molecule has 0 aliphatic carbocycles. The van der Waals surface area contributed by atoms with Crippen LogP contribution in [0.5, 0.6) is 0 Å². The Morgan fingerprint density at radius 3 is 2.43 bits per heavy atom. The molecule has 0 saturated carbocycles. The van der Waals surface area contributed by atoms with Gasteiger partial charge in [-0.1, -0.05) is 71.8 Å². The standard InChI is InChI=1S/C26H23ClN2O/c1-16-11-13-19(14-12-16)18(3)28-26(30)24-17(2)25(20-7-6-8-21(27)15-20)29-23-10-5-4-9-22(23)24/h4-15,18H,1-3H3,(H,28,30)/t18-/m1/s1. The minimum absolute atomic E-state index is 0.109. The second kappa shape index (κ2) is 8.29. The Bertz CT molecular complexity index is 1230. The van der Waals surface area contributed by atoms with Gasteiger partial charge in [-0.2, -0.15) is 0 Å². The van der Waals surface area contributed by atoms with Gasteiger partial charge in [0.05, 0.1) is 22.8 Å². The number of benzene rings is 3. The lowest BCUT2D eigenvalue weighted by Gasteiger charge is -2.18. The van der Waals surface area contributed by atoms with Crippen LogP contribution < -0.4 is 5.32 Å². The van der Waals surface area contributed by atoms with E-state index < -0.39 is 0 Å². The summed E-state index contributed by atoms with van der Waals surface area (Å²) in [5.74, 6) is -0.109. The zero-order chi connectivity index (χ0) is 21.3. The number of rotatable bonds is 4. The lowest BCUT2D eigenvalue weighted by Crippen LogP contribution is -2.27. The summed E-state index contributed by atoms with van der Waals surface area (Å²) in [6, 6.07) is 23.4. The van der Waals surface area contributed by atoms with Crippen LogP contribution in [0.15, 0.2) is 72.8 Å². The monoisotopic (exact) mass is 414 g/mol. The predicted molar refractivity (Wildman–Crippen MR) is 124 cm³/mol. The molecule has 3 nitrogen and oxygen atoms in total. The summed E-state index contributed by atoms with van der Waals surface area (Å²) in [5, 5.41) is 4.64. The van der Waals surface area contributed by atoms with Crippen molar-refractivity contribution in [3.8, 4) is 11.3 Å². The highest BCUT2D eigenvalue weighted by atomic mass is 35.5. The van der Waals surface area contributed by atoms with Crippen LogP contribution >= 0.6 is 11.6 Å². The van der Waals surface area contributed by atoms with Crippen molar-refractivity contribution >= 4 is 28.4 Å². The van der Waals surface area contributed by atoms with E-state index in [0.717, 1.165) is 33.3 Å². The predicted octanol–water partition coefficient (Wildman–Crippen LogP) is 6.66. The summed E-state index contributed by atoms with van der Waals surface area (Å²) in [7, 11) is 0. The van der Waals surface area contributed by atoms with E-state index in [-0.39, 0.29) is 11.9 Å². The molecule has 30 heavy (non-hydrogen) atoms. The first kappa shape index (κ1) is 20.1. The highest BCUT2D eigenvalue weighted by Gasteiger charge is 2.20. The average Bonchev–Trinajstić information content (AvgIpc) is 2.73. The fraction of sp³-hybridized carbons (Fsp3) is 0.154. The molecule has 4 rings (SSSR count). The number of pyridine rings is 1. The highest BCUT2D eigenvalue weighted by Crippen LogP contribution is 2.31. The number of para-hydroxylation sites is 1. The molecule has 1 heterocycles. The summed E-state index contributed by atoms with van der Waals surface area (Å²) in [6.07, 6.45) is 0. The number of hydrogen-bond acceptors (Lipinski definition) is 2. The van der Waals surface area contributed by atoms with Gasteiger partial charge in [-0.15, -0.1) is 0 Å². The number of carbonyl (C=O) groups excluding carboxylic acids is 1. The Balaban J connectivity index is 1.79. The number of amides is 1. The number of nitrogens with one attached hydrogen (secondary N) is 1. The molecule has 1 N–H and O–H groups in total. The molecule has 150 valence electrons. The largest absolute Gasteiger partial charge is 0.345 e. The molecule has 0 radical (unpaired) electrons. The van der Waals surface area contributed by atoms with E-state index in [1.165, 1.54) is 5.56 Å².